The Hall–Kier alpha value is -3.95. The first-order valence-corrected chi connectivity index (χ1v) is 8.96. The van der Waals surface area contributed by atoms with E-state index in [2.05, 4.69) is 5.16 Å². The van der Waals surface area contributed by atoms with Crippen molar-refractivity contribution in [3.63, 3.8) is 0 Å². The van der Waals surface area contributed by atoms with Gasteiger partial charge in [0.15, 0.2) is 11.5 Å². The number of oxime groups is 1. The second-order valence-corrected chi connectivity index (χ2v) is 6.79. The molecule has 0 N–H and O–H groups in total. The van der Waals surface area contributed by atoms with E-state index in [-0.39, 0.29) is 17.1 Å². The third-order valence-electron chi connectivity index (χ3n) is 5.14. The molecule has 0 saturated carbocycles. The lowest BCUT2D eigenvalue weighted by molar-refractivity contribution is -0.385. The van der Waals surface area contributed by atoms with Crippen molar-refractivity contribution in [1.29, 1.82) is 0 Å². The van der Waals surface area contributed by atoms with Gasteiger partial charge in [-0.1, -0.05) is 11.2 Å². The predicted molar refractivity (Wildman–Crippen MR) is 105 cm³/mol. The third-order valence-corrected chi connectivity index (χ3v) is 5.14. The predicted octanol–water partition coefficient (Wildman–Crippen LogP) is 2.21. The van der Waals surface area contributed by atoms with E-state index in [0.29, 0.717) is 22.6 Å². The molecule has 2 aromatic rings. The van der Waals surface area contributed by atoms with Gasteiger partial charge in [0.05, 0.1) is 24.8 Å². The number of nitro groups is 1. The van der Waals surface area contributed by atoms with Gasteiger partial charge in [0, 0.05) is 17.2 Å². The number of imide groups is 1. The summed E-state index contributed by atoms with van der Waals surface area (Å²) in [6.45, 7) is 1.58. The summed E-state index contributed by atoms with van der Waals surface area (Å²) in [5, 5.41) is 15.2. The molecule has 10 nitrogen and oxygen atoms in total. The van der Waals surface area contributed by atoms with Crippen LogP contribution in [0.4, 0.5) is 11.4 Å². The lowest BCUT2D eigenvalue weighted by Gasteiger charge is -2.16. The number of hydrogen-bond donors (Lipinski definition) is 0. The van der Waals surface area contributed by atoms with Crippen molar-refractivity contribution in [2.75, 3.05) is 19.1 Å². The fraction of sp³-hybridized carbons (Fsp3) is 0.250. The van der Waals surface area contributed by atoms with Crippen LogP contribution in [0.25, 0.3) is 0 Å². The zero-order valence-corrected chi connectivity index (χ0v) is 16.3. The highest BCUT2D eigenvalue weighted by molar-refractivity contribution is 6.32. The maximum Gasteiger partial charge on any atom is 0.278 e. The molecule has 2 aromatic carbocycles. The minimum Gasteiger partial charge on any atom is -0.493 e. The topological polar surface area (TPSA) is 121 Å². The number of carbonyl (C=O) groups is 2. The molecule has 0 aliphatic carbocycles. The molecule has 1 fully saturated rings. The second-order valence-electron chi connectivity index (χ2n) is 6.79. The van der Waals surface area contributed by atoms with Gasteiger partial charge in [0.1, 0.15) is 11.6 Å². The van der Waals surface area contributed by atoms with Gasteiger partial charge < -0.3 is 14.3 Å². The minimum absolute atomic E-state index is 0.118. The number of carbonyl (C=O) groups excluding carboxylic acids is 2. The Morgan fingerprint density at radius 3 is 2.47 bits per heavy atom. The Morgan fingerprint density at radius 1 is 1.07 bits per heavy atom. The normalized spacial score (nSPS) is 20.0. The third kappa shape index (κ3) is 2.84. The minimum atomic E-state index is -1.12. The van der Waals surface area contributed by atoms with Crippen LogP contribution in [0.3, 0.4) is 0 Å². The summed E-state index contributed by atoms with van der Waals surface area (Å²) in [7, 11) is 2.98. The van der Waals surface area contributed by atoms with Crippen LogP contribution in [0, 0.1) is 23.0 Å². The number of hydrogen-bond acceptors (Lipinski definition) is 8. The SMILES string of the molecule is COc1ccc(C2=NO[C@H]3C(=O)N(c4ccc(C)c([N+](=O)[O-])c4)C(=O)[C@@H]23)cc1OC. The van der Waals surface area contributed by atoms with Crippen molar-refractivity contribution in [1.82, 2.24) is 0 Å². The van der Waals surface area contributed by atoms with Crippen LogP contribution < -0.4 is 14.4 Å². The summed E-state index contributed by atoms with van der Waals surface area (Å²) in [6.07, 6.45) is -1.12. The lowest BCUT2D eigenvalue weighted by atomic mass is 9.94. The number of nitrogens with zero attached hydrogens (tertiary/aromatic N) is 3. The highest BCUT2D eigenvalue weighted by Crippen LogP contribution is 2.38. The van der Waals surface area contributed by atoms with Crippen molar-refractivity contribution >= 4 is 28.9 Å². The van der Waals surface area contributed by atoms with Crippen LogP contribution in [-0.4, -0.2) is 42.8 Å². The first-order valence-electron chi connectivity index (χ1n) is 8.96. The maximum absolute atomic E-state index is 13.1. The molecule has 1 saturated heterocycles. The maximum atomic E-state index is 13.1. The molecule has 2 atom stereocenters. The van der Waals surface area contributed by atoms with Gasteiger partial charge in [-0.05, 0) is 31.2 Å². The molecule has 2 heterocycles. The van der Waals surface area contributed by atoms with Crippen molar-refractivity contribution in [2.24, 2.45) is 11.1 Å². The number of aryl methyl sites for hydroxylation is 1. The van der Waals surface area contributed by atoms with E-state index < -0.39 is 28.8 Å². The molecule has 2 aliphatic rings. The first-order chi connectivity index (χ1) is 14.4. The Labute approximate surface area is 170 Å². The Morgan fingerprint density at radius 2 is 1.80 bits per heavy atom. The van der Waals surface area contributed by atoms with Crippen LogP contribution in [0.15, 0.2) is 41.6 Å². The van der Waals surface area contributed by atoms with Gasteiger partial charge in [-0.2, -0.15) is 0 Å². The average Bonchev–Trinajstić information content (AvgIpc) is 3.28. The van der Waals surface area contributed by atoms with E-state index in [1.54, 1.807) is 25.1 Å². The van der Waals surface area contributed by atoms with Gasteiger partial charge in [0.2, 0.25) is 12.0 Å². The van der Waals surface area contributed by atoms with E-state index in [9.17, 15) is 19.7 Å². The van der Waals surface area contributed by atoms with Crippen molar-refractivity contribution in [2.45, 2.75) is 13.0 Å². The smallest absolute Gasteiger partial charge is 0.278 e. The number of methoxy groups -OCH3 is 2. The number of benzene rings is 2. The molecule has 0 unspecified atom stereocenters. The van der Waals surface area contributed by atoms with E-state index >= 15 is 0 Å². The summed E-state index contributed by atoms with van der Waals surface area (Å²) in [5.74, 6) is -1.21. The first kappa shape index (κ1) is 19.4. The number of rotatable bonds is 5. The van der Waals surface area contributed by atoms with Crippen LogP contribution >= 0.6 is 0 Å². The standard InChI is InChI=1S/C20H17N3O7/c1-10-4-6-12(9-13(10)23(26)27)22-19(24)16-17(21-30-18(16)20(22)25)11-5-7-14(28-2)15(8-11)29-3/h4-9,16,18H,1-3H3/t16-,18+/m0/s1. The van der Waals surface area contributed by atoms with E-state index in [0.717, 1.165) is 4.90 Å². The van der Waals surface area contributed by atoms with Crippen LogP contribution in [0.5, 0.6) is 11.5 Å². The number of fused-ring (bicyclic) bond motifs is 1. The summed E-state index contributed by atoms with van der Waals surface area (Å²) in [6, 6.07) is 9.17. The Bertz CT molecular complexity index is 1110. The van der Waals surface area contributed by atoms with E-state index in [1.165, 1.54) is 32.4 Å². The zero-order valence-electron chi connectivity index (χ0n) is 16.3. The lowest BCUT2D eigenvalue weighted by Crippen LogP contribution is -2.33. The molecule has 154 valence electrons. The fourth-order valence-corrected chi connectivity index (χ4v) is 3.60. The molecule has 10 heteroatoms. The molecular formula is C20H17N3O7. The van der Waals surface area contributed by atoms with Gasteiger partial charge in [-0.25, -0.2) is 4.90 Å². The summed E-state index contributed by atoms with van der Waals surface area (Å²) >= 11 is 0. The largest absolute Gasteiger partial charge is 0.493 e. The monoisotopic (exact) mass is 411 g/mol. The molecule has 2 aliphatic heterocycles. The van der Waals surface area contributed by atoms with Gasteiger partial charge in [-0.3, -0.25) is 19.7 Å². The molecule has 2 amide bonds. The molecular weight excluding hydrogens is 394 g/mol. The molecule has 4 rings (SSSR count). The summed E-state index contributed by atoms with van der Waals surface area (Å²) < 4.78 is 10.5. The van der Waals surface area contributed by atoms with Gasteiger partial charge >= 0.3 is 0 Å². The number of anilines is 1. The van der Waals surface area contributed by atoms with Crippen LogP contribution in [0.1, 0.15) is 11.1 Å². The van der Waals surface area contributed by atoms with Gasteiger partial charge in [0.25, 0.3) is 11.6 Å². The molecule has 0 aromatic heterocycles. The van der Waals surface area contributed by atoms with Crippen molar-refractivity contribution < 1.29 is 28.8 Å². The number of ether oxygens (including phenoxy) is 2. The second kappa shape index (κ2) is 7.14. The van der Waals surface area contributed by atoms with Gasteiger partial charge in [-0.15, -0.1) is 0 Å². The van der Waals surface area contributed by atoms with E-state index in [1.807, 2.05) is 0 Å². The number of nitro benzene ring substituents is 1. The van der Waals surface area contributed by atoms with Crippen molar-refractivity contribution in [3.8, 4) is 11.5 Å². The summed E-state index contributed by atoms with van der Waals surface area (Å²) in [4.78, 5) is 42.9. The highest BCUT2D eigenvalue weighted by atomic mass is 16.7. The molecule has 0 bridgehead atoms. The zero-order chi connectivity index (χ0) is 21.6. The van der Waals surface area contributed by atoms with Crippen LogP contribution in [0.2, 0.25) is 0 Å². The van der Waals surface area contributed by atoms with Crippen molar-refractivity contribution in [3.05, 3.63) is 57.6 Å². The summed E-state index contributed by atoms with van der Waals surface area (Å²) in [5.41, 5.74) is 1.18. The Kier molecular flexibility index (Phi) is 4.61. The molecule has 0 radical (unpaired) electrons. The Balaban J connectivity index is 1.70. The fourth-order valence-electron chi connectivity index (χ4n) is 3.60. The van der Waals surface area contributed by atoms with E-state index in [4.69, 9.17) is 14.3 Å². The molecule has 0 spiro atoms. The quantitative estimate of drug-likeness (QED) is 0.420. The van der Waals surface area contributed by atoms with Crippen LogP contribution in [-0.2, 0) is 14.4 Å². The number of amides is 2. The highest BCUT2D eigenvalue weighted by Gasteiger charge is 2.56. The molecule has 30 heavy (non-hydrogen) atoms. The average molecular weight is 411 g/mol.